The maximum absolute atomic E-state index is 12.6. The van der Waals surface area contributed by atoms with Crippen molar-refractivity contribution in [1.82, 2.24) is 24.6 Å². The van der Waals surface area contributed by atoms with Crippen LogP contribution in [0.4, 0.5) is 24.7 Å². The number of hydrogen-bond donors (Lipinski definition) is 2. The van der Waals surface area contributed by atoms with E-state index in [2.05, 4.69) is 27.2 Å². The van der Waals surface area contributed by atoms with Gasteiger partial charge in [-0.2, -0.15) is 28.5 Å². The van der Waals surface area contributed by atoms with E-state index in [1.165, 1.54) is 25.6 Å². The molecule has 3 N–H and O–H groups in total. The predicted octanol–water partition coefficient (Wildman–Crippen LogP) is 4.04. The molecule has 2 atom stereocenters. The second-order valence-electron chi connectivity index (χ2n) is 7.00. The fourth-order valence-electron chi connectivity index (χ4n) is 2.76. The summed E-state index contributed by atoms with van der Waals surface area (Å²) in [6, 6.07) is -1.71. The molecule has 2 heterocycles. The number of azo groups is 1. The van der Waals surface area contributed by atoms with Gasteiger partial charge in [-0.3, -0.25) is 4.79 Å². The number of anilines is 1. The van der Waals surface area contributed by atoms with Crippen molar-refractivity contribution in [3.63, 3.8) is 0 Å². The van der Waals surface area contributed by atoms with E-state index in [1.807, 2.05) is 5.32 Å². The fraction of sp³-hybridized carbons (Fsp3) is 0.611. The van der Waals surface area contributed by atoms with E-state index in [9.17, 15) is 18.0 Å². The lowest BCUT2D eigenvalue weighted by Gasteiger charge is -2.21. The van der Waals surface area contributed by atoms with E-state index >= 15 is 0 Å². The third-order valence-electron chi connectivity index (χ3n) is 4.55. The number of carbonyl (C=O) groups excluding carboxylic acids is 1. The van der Waals surface area contributed by atoms with Gasteiger partial charge in [0.15, 0.2) is 0 Å². The SMILES string of the molecule is Br.CCCCCCn1ncc(/N=N/C(Cn2ccnc2)C(C)NC(=O)C(F)(F)F)c1N. The molecule has 0 saturated carbocycles. The Morgan fingerprint density at radius 1 is 1.32 bits per heavy atom. The minimum Gasteiger partial charge on any atom is -0.382 e. The number of aryl methyl sites for hydroxylation is 1. The number of hydrogen-bond acceptors (Lipinski definition) is 6. The fourth-order valence-corrected chi connectivity index (χ4v) is 2.76. The van der Waals surface area contributed by atoms with Crippen LogP contribution < -0.4 is 11.1 Å². The topological polar surface area (TPSA) is 115 Å². The number of aromatic nitrogens is 4. The standard InChI is InChI=1S/C18H27F3N8O.BrH/c1-3-4-5-6-8-29-16(22)14(10-24-29)26-27-15(11-28-9-7-23-12-28)13(2)25-17(30)18(19,20)21;/h7,9-10,12-13,15H,3-6,8,11,22H2,1-2H3,(H,25,30);1H/b27-26+;. The molecule has 2 rings (SSSR count). The zero-order valence-corrected chi connectivity index (χ0v) is 19.1. The van der Waals surface area contributed by atoms with E-state index in [0.29, 0.717) is 18.1 Å². The van der Waals surface area contributed by atoms with Crippen molar-refractivity contribution in [2.24, 2.45) is 10.2 Å². The minimum atomic E-state index is -4.98. The van der Waals surface area contributed by atoms with Gasteiger partial charge < -0.3 is 15.6 Å². The first kappa shape index (κ1) is 26.6. The number of nitrogens with two attached hydrogens (primary N) is 1. The highest BCUT2D eigenvalue weighted by Crippen LogP contribution is 2.23. The van der Waals surface area contributed by atoms with Crippen LogP contribution in [-0.4, -0.2) is 43.5 Å². The maximum Gasteiger partial charge on any atom is 0.471 e. The Bertz CT molecular complexity index is 822. The van der Waals surface area contributed by atoms with Gasteiger partial charge >= 0.3 is 12.1 Å². The van der Waals surface area contributed by atoms with Crippen LogP contribution in [0.3, 0.4) is 0 Å². The lowest BCUT2D eigenvalue weighted by atomic mass is 10.1. The second kappa shape index (κ2) is 12.4. The van der Waals surface area contributed by atoms with E-state index in [-0.39, 0.29) is 23.5 Å². The molecule has 0 spiro atoms. The highest BCUT2D eigenvalue weighted by atomic mass is 79.9. The van der Waals surface area contributed by atoms with Crippen LogP contribution in [0.2, 0.25) is 0 Å². The lowest BCUT2D eigenvalue weighted by Crippen LogP contribution is -2.47. The Morgan fingerprint density at radius 2 is 2.06 bits per heavy atom. The molecule has 0 aliphatic carbocycles. The third-order valence-corrected chi connectivity index (χ3v) is 4.55. The van der Waals surface area contributed by atoms with E-state index < -0.39 is 24.2 Å². The van der Waals surface area contributed by atoms with Gasteiger partial charge in [-0.25, -0.2) is 9.67 Å². The van der Waals surface area contributed by atoms with Crippen LogP contribution in [0.15, 0.2) is 35.1 Å². The first-order chi connectivity index (χ1) is 14.2. The molecular formula is C18H28BrF3N8O. The molecule has 13 heteroatoms. The van der Waals surface area contributed by atoms with Crippen molar-refractivity contribution in [3.05, 3.63) is 24.9 Å². The van der Waals surface area contributed by atoms with E-state index in [1.54, 1.807) is 15.4 Å². The van der Waals surface area contributed by atoms with Gasteiger partial charge in [0.05, 0.1) is 18.6 Å². The van der Waals surface area contributed by atoms with Crippen molar-refractivity contribution in [1.29, 1.82) is 0 Å². The zero-order chi connectivity index (χ0) is 22.1. The number of amides is 1. The van der Waals surface area contributed by atoms with Gasteiger partial charge in [0.1, 0.15) is 17.5 Å². The summed E-state index contributed by atoms with van der Waals surface area (Å²) in [4.78, 5) is 15.2. The number of carbonyl (C=O) groups is 1. The van der Waals surface area contributed by atoms with Gasteiger partial charge in [0.2, 0.25) is 0 Å². The Balaban J connectivity index is 0.00000480. The van der Waals surface area contributed by atoms with Crippen molar-refractivity contribution in [2.75, 3.05) is 5.73 Å². The molecule has 0 aromatic carbocycles. The summed E-state index contributed by atoms with van der Waals surface area (Å²) in [7, 11) is 0. The second-order valence-corrected chi connectivity index (χ2v) is 7.00. The lowest BCUT2D eigenvalue weighted by molar-refractivity contribution is -0.174. The molecular weight excluding hydrogens is 481 g/mol. The highest BCUT2D eigenvalue weighted by molar-refractivity contribution is 8.93. The average Bonchev–Trinajstić information content (AvgIpc) is 3.31. The molecule has 31 heavy (non-hydrogen) atoms. The van der Waals surface area contributed by atoms with Gasteiger partial charge in [-0.15, -0.1) is 17.0 Å². The summed E-state index contributed by atoms with van der Waals surface area (Å²) >= 11 is 0. The van der Waals surface area contributed by atoms with Gasteiger partial charge in [-0.1, -0.05) is 26.2 Å². The molecule has 0 saturated heterocycles. The van der Waals surface area contributed by atoms with Crippen molar-refractivity contribution < 1.29 is 18.0 Å². The summed E-state index contributed by atoms with van der Waals surface area (Å²) in [5.41, 5.74) is 6.40. The Kier molecular flexibility index (Phi) is 10.7. The van der Waals surface area contributed by atoms with Crippen LogP contribution in [0.5, 0.6) is 0 Å². The van der Waals surface area contributed by atoms with Gasteiger partial charge in [0.25, 0.3) is 0 Å². The van der Waals surface area contributed by atoms with Crippen LogP contribution in [0, 0.1) is 0 Å². The van der Waals surface area contributed by atoms with Crippen LogP contribution in [0.25, 0.3) is 0 Å². The number of rotatable bonds is 11. The minimum absolute atomic E-state index is 0. The summed E-state index contributed by atoms with van der Waals surface area (Å²) in [6.07, 6.45) is 5.41. The summed E-state index contributed by atoms with van der Waals surface area (Å²) in [5.74, 6) is -1.69. The number of nitrogens with zero attached hydrogens (tertiary/aromatic N) is 6. The Hall–Kier alpha value is -2.44. The first-order valence-corrected chi connectivity index (χ1v) is 9.78. The van der Waals surface area contributed by atoms with Crippen LogP contribution in [0.1, 0.15) is 39.5 Å². The molecule has 0 aliphatic heterocycles. The van der Waals surface area contributed by atoms with Crippen LogP contribution in [-0.2, 0) is 17.9 Å². The zero-order valence-electron chi connectivity index (χ0n) is 17.4. The van der Waals surface area contributed by atoms with E-state index in [4.69, 9.17) is 5.73 Å². The maximum atomic E-state index is 12.6. The first-order valence-electron chi connectivity index (χ1n) is 9.78. The molecule has 2 unspecified atom stereocenters. The number of imidazole rings is 1. The number of halogens is 4. The quantitative estimate of drug-likeness (QED) is 0.351. The number of nitrogen functional groups attached to an aromatic ring is 1. The molecule has 2 aromatic rings. The molecule has 9 nitrogen and oxygen atoms in total. The predicted molar refractivity (Wildman–Crippen MR) is 115 cm³/mol. The van der Waals surface area contributed by atoms with Crippen molar-refractivity contribution in [3.8, 4) is 0 Å². The smallest absolute Gasteiger partial charge is 0.382 e. The molecule has 2 aromatic heterocycles. The average molecular weight is 509 g/mol. The normalized spacial score (nSPS) is 13.7. The largest absolute Gasteiger partial charge is 0.471 e. The highest BCUT2D eigenvalue weighted by Gasteiger charge is 2.40. The van der Waals surface area contributed by atoms with Crippen molar-refractivity contribution in [2.45, 2.75) is 70.9 Å². The molecule has 0 aliphatic rings. The van der Waals surface area contributed by atoms with Crippen LogP contribution >= 0.6 is 17.0 Å². The molecule has 174 valence electrons. The monoisotopic (exact) mass is 508 g/mol. The number of unbranched alkanes of at least 4 members (excludes halogenated alkanes) is 3. The summed E-state index contributed by atoms with van der Waals surface area (Å²) < 4.78 is 41.1. The van der Waals surface area contributed by atoms with E-state index in [0.717, 1.165) is 25.7 Å². The van der Waals surface area contributed by atoms with Gasteiger partial charge in [-0.05, 0) is 13.3 Å². The summed E-state index contributed by atoms with van der Waals surface area (Å²) in [6.45, 7) is 4.38. The Labute approximate surface area is 189 Å². The molecule has 0 fully saturated rings. The number of nitrogens with one attached hydrogen (secondary N) is 1. The summed E-state index contributed by atoms with van der Waals surface area (Å²) in [5, 5.41) is 14.4. The third kappa shape index (κ3) is 8.31. The van der Waals surface area contributed by atoms with Crippen molar-refractivity contribution >= 4 is 34.4 Å². The Morgan fingerprint density at radius 3 is 2.68 bits per heavy atom. The molecule has 1 amide bonds. The van der Waals surface area contributed by atoms with Gasteiger partial charge in [0, 0.05) is 25.5 Å². The molecule has 0 radical (unpaired) electrons. The number of alkyl halides is 3. The molecule has 0 bridgehead atoms.